The fraction of sp³-hybridized carbons (Fsp3) is 0.796. The fourth-order valence-electron chi connectivity index (χ4n) is 7.43. The number of allylic oxidation sites excluding steroid dienone is 8. The number of carbonyl (C=O) groups is 3. The van der Waals surface area contributed by atoms with Gasteiger partial charge in [-0.2, -0.15) is 0 Å². The lowest BCUT2D eigenvalue weighted by Gasteiger charge is -2.34. The number of carboxylic acid groups (broad SMARTS) is 1. The summed E-state index contributed by atoms with van der Waals surface area (Å²) in [5.74, 6) is -1.75. The summed E-state index contributed by atoms with van der Waals surface area (Å²) in [6.45, 7) is 4.63. The maximum absolute atomic E-state index is 12.8. The summed E-state index contributed by atoms with van der Waals surface area (Å²) in [5.41, 5.74) is 0. The van der Waals surface area contributed by atoms with E-state index in [0.717, 1.165) is 64.2 Å². The van der Waals surface area contributed by atoms with Gasteiger partial charge in [0.2, 0.25) is 0 Å². The van der Waals surface area contributed by atoms with Crippen LogP contribution < -0.4 is 5.11 Å². The van der Waals surface area contributed by atoms with E-state index in [9.17, 15) is 19.5 Å². The molecule has 0 saturated heterocycles. The first kappa shape index (κ1) is 59.3. The average molecular weight is 872 g/mol. The lowest BCUT2D eigenvalue weighted by atomic mass is 10.1. The number of ether oxygens (including phenoxy) is 3. The third kappa shape index (κ3) is 42.6. The number of aliphatic carboxylic acids is 1. The van der Waals surface area contributed by atoms with Gasteiger partial charge in [-0.1, -0.05) is 178 Å². The molecule has 0 aliphatic heterocycles. The zero-order valence-corrected chi connectivity index (χ0v) is 41.0. The molecule has 360 valence electrons. The summed E-state index contributed by atoms with van der Waals surface area (Å²) < 4.78 is 17.2. The van der Waals surface area contributed by atoms with Crippen molar-refractivity contribution in [2.75, 3.05) is 41.0 Å². The summed E-state index contributed by atoms with van der Waals surface area (Å²) >= 11 is 0. The van der Waals surface area contributed by atoms with Crippen molar-refractivity contribution in [2.24, 2.45) is 0 Å². The van der Waals surface area contributed by atoms with Gasteiger partial charge in [-0.05, 0) is 77.0 Å². The minimum Gasteiger partial charge on any atom is -0.544 e. The van der Waals surface area contributed by atoms with Crippen LogP contribution in [-0.4, -0.2) is 75.5 Å². The van der Waals surface area contributed by atoms with E-state index in [0.29, 0.717) is 12.8 Å². The maximum atomic E-state index is 12.8. The molecular formula is C54H97NO7. The molecule has 0 radical (unpaired) electrons. The van der Waals surface area contributed by atoms with Gasteiger partial charge in [-0.3, -0.25) is 9.59 Å². The first-order valence-electron chi connectivity index (χ1n) is 25.7. The van der Waals surface area contributed by atoms with Crippen molar-refractivity contribution in [3.63, 3.8) is 0 Å². The number of likely N-dealkylation sites (N-methyl/N-ethyl adjacent to an activating group) is 1. The van der Waals surface area contributed by atoms with E-state index < -0.39 is 18.1 Å². The van der Waals surface area contributed by atoms with Crippen molar-refractivity contribution in [3.05, 3.63) is 48.6 Å². The van der Waals surface area contributed by atoms with E-state index in [-0.39, 0.29) is 42.7 Å². The Morgan fingerprint density at radius 1 is 0.484 bits per heavy atom. The van der Waals surface area contributed by atoms with Crippen molar-refractivity contribution in [3.8, 4) is 0 Å². The van der Waals surface area contributed by atoms with Gasteiger partial charge in [0, 0.05) is 19.3 Å². The van der Waals surface area contributed by atoms with Gasteiger partial charge in [0.05, 0.1) is 40.3 Å². The van der Waals surface area contributed by atoms with Crippen LogP contribution in [0, 0.1) is 0 Å². The van der Waals surface area contributed by atoms with Crippen LogP contribution in [0.3, 0.4) is 0 Å². The minimum absolute atomic E-state index is 0.0349. The number of quaternary nitrogens is 1. The smallest absolute Gasteiger partial charge is 0.306 e. The first-order valence-corrected chi connectivity index (χ1v) is 25.7. The fourth-order valence-corrected chi connectivity index (χ4v) is 7.43. The van der Waals surface area contributed by atoms with E-state index in [2.05, 4.69) is 62.5 Å². The van der Waals surface area contributed by atoms with Crippen LogP contribution in [0.1, 0.15) is 226 Å². The normalized spacial score (nSPS) is 13.2. The molecule has 0 aromatic rings. The second kappa shape index (κ2) is 44.9. The van der Waals surface area contributed by atoms with Gasteiger partial charge in [0.1, 0.15) is 12.6 Å². The van der Waals surface area contributed by atoms with Gasteiger partial charge < -0.3 is 28.6 Å². The number of esters is 2. The molecule has 0 rings (SSSR count). The largest absolute Gasteiger partial charge is 0.544 e. The Morgan fingerprint density at radius 3 is 1.31 bits per heavy atom. The Balaban J connectivity index is 4.28. The standard InChI is InChI=1S/C54H97NO7/c1-6-8-10-12-14-16-18-20-22-24-26-28-30-32-34-36-38-40-42-44-52(56)61-49-50(48-60-47-46-51(54(58)59)55(3,4)5)62-53(57)45-43-41-39-37-35-33-31-29-27-25-23-21-19-17-15-13-11-9-7-2/h15,17,20-23,27,29,50-51H,6-14,16,18-19,24-26,28,30-49H2,1-5H3/b17-15-,22-20-,23-21-,29-27-. The molecule has 0 heterocycles. The highest BCUT2D eigenvalue weighted by Crippen LogP contribution is 2.15. The molecule has 62 heavy (non-hydrogen) atoms. The number of hydrogen-bond acceptors (Lipinski definition) is 7. The molecule has 8 heteroatoms. The van der Waals surface area contributed by atoms with Crippen molar-refractivity contribution in [1.29, 1.82) is 0 Å². The van der Waals surface area contributed by atoms with Crippen molar-refractivity contribution >= 4 is 17.9 Å². The Morgan fingerprint density at radius 2 is 0.855 bits per heavy atom. The lowest BCUT2D eigenvalue weighted by Crippen LogP contribution is -2.55. The molecule has 0 saturated carbocycles. The van der Waals surface area contributed by atoms with Crippen molar-refractivity contribution in [1.82, 2.24) is 0 Å². The number of carbonyl (C=O) groups excluding carboxylic acids is 3. The molecule has 0 aliphatic rings. The molecular weight excluding hydrogens is 775 g/mol. The summed E-state index contributed by atoms with van der Waals surface area (Å²) in [7, 11) is 5.41. The number of unbranched alkanes of at least 4 members (excludes halogenated alkanes) is 24. The van der Waals surface area contributed by atoms with Crippen molar-refractivity contribution in [2.45, 2.75) is 238 Å². The second-order valence-electron chi connectivity index (χ2n) is 18.4. The van der Waals surface area contributed by atoms with Crippen LogP contribution in [0.15, 0.2) is 48.6 Å². The molecule has 2 unspecified atom stereocenters. The molecule has 0 N–H and O–H groups in total. The average Bonchev–Trinajstić information content (AvgIpc) is 3.23. The second-order valence-corrected chi connectivity index (χ2v) is 18.4. The third-order valence-corrected chi connectivity index (χ3v) is 11.4. The van der Waals surface area contributed by atoms with Gasteiger partial charge in [0.25, 0.3) is 0 Å². The number of rotatable bonds is 46. The lowest BCUT2D eigenvalue weighted by molar-refractivity contribution is -0.889. The predicted octanol–water partition coefficient (Wildman–Crippen LogP) is 13.4. The number of hydrogen-bond donors (Lipinski definition) is 0. The molecule has 8 nitrogen and oxygen atoms in total. The van der Waals surface area contributed by atoms with E-state index in [4.69, 9.17) is 14.2 Å². The highest BCUT2D eigenvalue weighted by atomic mass is 16.6. The Bertz CT molecular complexity index is 1150. The van der Waals surface area contributed by atoms with Crippen LogP contribution >= 0.6 is 0 Å². The molecule has 0 aliphatic carbocycles. The topological polar surface area (TPSA) is 102 Å². The van der Waals surface area contributed by atoms with E-state index in [1.165, 1.54) is 128 Å². The summed E-state index contributed by atoms with van der Waals surface area (Å²) in [6, 6.07) is -0.730. The third-order valence-electron chi connectivity index (χ3n) is 11.4. The monoisotopic (exact) mass is 872 g/mol. The predicted molar refractivity (Wildman–Crippen MR) is 259 cm³/mol. The molecule has 0 aromatic heterocycles. The summed E-state index contributed by atoms with van der Waals surface area (Å²) in [4.78, 5) is 37.0. The number of carboxylic acids is 1. The van der Waals surface area contributed by atoms with Gasteiger partial charge >= 0.3 is 11.9 Å². The Hall–Kier alpha value is -2.71. The minimum atomic E-state index is -1.13. The first-order chi connectivity index (χ1) is 30.1. The van der Waals surface area contributed by atoms with Gasteiger partial charge in [-0.15, -0.1) is 0 Å². The summed E-state index contributed by atoms with van der Waals surface area (Å²) in [5, 5.41) is 11.7. The van der Waals surface area contributed by atoms with Gasteiger partial charge in [0.15, 0.2) is 6.10 Å². The molecule has 2 atom stereocenters. The van der Waals surface area contributed by atoms with Crippen LogP contribution in [0.4, 0.5) is 0 Å². The Labute approximate surface area is 382 Å². The zero-order valence-electron chi connectivity index (χ0n) is 41.0. The molecule has 0 fully saturated rings. The molecule has 0 aromatic carbocycles. The highest BCUT2D eigenvalue weighted by Gasteiger charge is 2.25. The van der Waals surface area contributed by atoms with Gasteiger partial charge in [-0.25, -0.2) is 0 Å². The van der Waals surface area contributed by atoms with Crippen LogP contribution in [0.25, 0.3) is 0 Å². The van der Waals surface area contributed by atoms with Crippen LogP contribution in [0.2, 0.25) is 0 Å². The van der Waals surface area contributed by atoms with E-state index in [1.807, 2.05) is 0 Å². The Kier molecular flexibility index (Phi) is 42.9. The van der Waals surface area contributed by atoms with Crippen molar-refractivity contribution < 1.29 is 38.2 Å². The summed E-state index contributed by atoms with van der Waals surface area (Å²) in [6.07, 6.45) is 54.2. The highest BCUT2D eigenvalue weighted by molar-refractivity contribution is 5.70. The van der Waals surface area contributed by atoms with Crippen LogP contribution in [0.5, 0.6) is 0 Å². The van der Waals surface area contributed by atoms with E-state index in [1.54, 1.807) is 21.1 Å². The van der Waals surface area contributed by atoms with E-state index >= 15 is 0 Å². The molecule has 0 bridgehead atoms. The maximum Gasteiger partial charge on any atom is 0.306 e. The van der Waals surface area contributed by atoms with Crippen LogP contribution in [-0.2, 0) is 28.6 Å². The molecule has 0 spiro atoms. The SMILES string of the molecule is CCCCC/C=C\C/C=C\C/C=C\CCCCCCCCC(=O)OC(COCCC(C(=O)[O-])[N+](C)(C)C)COC(=O)CCCCCCCCCCC/C=C\CCCCCCCC. The quantitative estimate of drug-likeness (QED) is 0.0260. The number of nitrogens with zero attached hydrogens (tertiary/aromatic N) is 1. The molecule has 0 amide bonds. The zero-order chi connectivity index (χ0) is 45.6.